The van der Waals surface area contributed by atoms with E-state index in [9.17, 15) is 8.78 Å². The van der Waals surface area contributed by atoms with E-state index in [1.165, 1.54) is 0 Å². The van der Waals surface area contributed by atoms with E-state index in [0.717, 1.165) is 12.3 Å². The van der Waals surface area contributed by atoms with Crippen molar-refractivity contribution in [2.45, 2.75) is 12.3 Å². The minimum atomic E-state index is -3.43. The third-order valence-corrected chi connectivity index (χ3v) is 1.80. The first kappa shape index (κ1) is 9.68. The number of aromatic nitrogens is 1. The molecule has 0 aliphatic rings. The quantitative estimate of drug-likeness (QED) is 0.650. The second-order valence-electron chi connectivity index (χ2n) is 2.30. The van der Waals surface area contributed by atoms with Crippen LogP contribution in [-0.2, 0) is 5.38 Å². The Kier molecular flexibility index (Phi) is 2.54. The normalized spacial score (nSPS) is 11.8. The van der Waals surface area contributed by atoms with Gasteiger partial charge in [0.1, 0.15) is 0 Å². The standard InChI is InChI=1S/C7H5Cl2F2N/c1-4-2-5(7(9,10)11)6(8)3-12-4/h2-3H,1H3. The molecule has 0 aliphatic heterocycles. The van der Waals surface area contributed by atoms with Gasteiger partial charge in [0.2, 0.25) is 0 Å². The van der Waals surface area contributed by atoms with Gasteiger partial charge in [-0.15, -0.1) is 0 Å². The zero-order chi connectivity index (χ0) is 9.35. The van der Waals surface area contributed by atoms with Crippen LogP contribution in [0, 0.1) is 6.92 Å². The number of rotatable bonds is 1. The molecule has 0 spiro atoms. The Balaban J connectivity index is 3.23. The summed E-state index contributed by atoms with van der Waals surface area (Å²) in [5.41, 5.74) is 0.0491. The molecule has 0 N–H and O–H groups in total. The Morgan fingerprint density at radius 2 is 2.08 bits per heavy atom. The lowest BCUT2D eigenvalue weighted by Gasteiger charge is -2.09. The molecule has 1 aromatic heterocycles. The van der Waals surface area contributed by atoms with Gasteiger partial charge in [-0.1, -0.05) is 11.6 Å². The van der Waals surface area contributed by atoms with Gasteiger partial charge in [-0.2, -0.15) is 8.78 Å². The lowest BCUT2D eigenvalue weighted by atomic mass is 10.2. The topological polar surface area (TPSA) is 12.9 Å². The van der Waals surface area contributed by atoms with Gasteiger partial charge in [0.15, 0.2) is 0 Å². The molecular formula is C7H5Cl2F2N. The number of aryl methyl sites for hydroxylation is 1. The summed E-state index contributed by atoms with van der Waals surface area (Å²) in [6, 6.07) is 1.16. The molecule has 0 aromatic carbocycles. The van der Waals surface area contributed by atoms with Crippen LogP contribution < -0.4 is 0 Å². The molecule has 1 rings (SSSR count). The number of hydrogen-bond acceptors (Lipinski definition) is 1. The Labute approximate surface area is 78.3 Å². The van der Waals surface area contributed by atoms with Crippen molar-refractivity contribution in [1.29, 1.82) is 0 Å². The summed E-state index contributed by atoms with van der Waals surface area (Å²) in [5.74, 6) is 0. The van der Waals surface area contributed by atoms with Crippen molar-refractivity contribution in [3.05, 3.63) is 28.5 Å². The third kappa shape index (κ3) is 2.05. The summed E-state index contributed by atoms with van der Waals surface area (Å²) in [7, 11) is 0. The lowest BCUT2D eigenvalue weighted by molar-refractivity contribution is 0.0950. The van der Waals surface area contributed by atoms with Gasteiger partial charge < -0.3 is 0 Å². The highest BCUT2D eigenvalue weighted by Crippen LogP contribution is 2.36. The minimum absolute atomic E-state index is 0.124. The van der Waals surface area contributed by atoms with Gasteiger partial charge in [0, 0.05) is 11.9 Å². The van der Waals surface area contributed by atoms with Gasteiger partial charge in [0.25, 0.3) is 0 Å². The second-order valence-corrected chi connectivity index (χ2v) is 3.19. The van der Waals surface area contributed by atoms with Crippen molar-refractivity contribution in [1.82, 2.24) is 4.98 Å². The van der Waals surface area contributed by atoms with Crippen molar-refractivity contribution in [3.8, 4) is 0 Å². The monoisotopic (exact) mass is 211 g/mol. The predicted molar refractivity (Wildman–Crippen MR) is 43.7 cm³/mol. The fraction of sp³-hybridized carbons (Fsp3) is 0.286. The summed E-state index contributed by atoms with van der Waals surface area (Å²) < 4.78 is 25.1. The highest BCUT2D eigenvalue weighted by molar-refractivity contribution is 6.32. The van der Waals surface area contributed by atoms with Crippen LogP contribution in [0.3, 0.4) is 0 Å². The van der Waals surface area contributed by atoms with Crippen molar-refractivity contribution in [2.24, 2.45) is 0 Å². The van der Waals surface area contributed by atoms with Gasteiger partial charge in [0.05, 0.1) is 10.6 Å². The lowest BCUT2D eigenvalue weighted by Crippen LogP contribution is -2.05. The Morgan fingerprint density at radius 3 is 2.50 bits per heavy atom. The molecule has 0 unspecified atom stereocenters. The summed E-state index contributed by atoms with van der Waals surface area (Å²) in [5, 5.41) is -3.55. The van der Waals surface area contributed by atoms with Crippen molar-refractivity contribution >= 4 is 23.2 Å². The molecule has 0 amide bonds. The molecule has 0 atom stereocenters. The SMILES string of the molecule is Cc1cc(C(F)(F)Cl)c(Cl)cn1. The molecule has 1 heterocycles. The number of hydrogen-bond donors (Lipinski definition) is 0. The summed E-state index contributed by atoms with van der Waals surface area (Å²) in [6.45, 7) is 1.59. The molecule has 0 radical (unpaired) electrons. The van der Waals surface area contributed by atoms with Crippen molar-refractivity contribution < 1.29 is 8.78 Å². The highest BCUT2D eigenvalue weighted by Gasteiger charge is 2.30. The number of halogens is 4. The molecule has 0 bridgehead atoms. The van der Waals surface area contributed by atoms with Gasteiger partial charge >= 0.3 is 5.38 Å². The van der Waals surface area contributed by atoms with E-state index < -0.39 is 10.9 Å². The summed E-state index contributed by atoms with van der Waals surface area (Å²) >= 11 is 10.2. The van der Waals surface area contributed by atoms with Crippen molar-refractivity contribution in [3.63, 3.8) is 0 Å². The molecule has 0 fully saturated rings. The molecule has 0 saturated heterocycles. The fourth-order valence-corrected chi connectivity index (χ4v) is 1.19. The zero-order valence-electron chi connectivity index (χ0n) is 6.11. The highest BCUT2D eigenvalue weighted by atomic mass is 35.5. The second kappa shape index (κ2) is 3.15. The maximum Gasteiger partial charge on any atom is 0.349 e. The van der Waals surface area contributed by atoms with Crippen LogP contribution in [0.1, 0.15) is 11.3 Å². The van der Waals surface area contributed by atoms with Crippen LogP contribution in [0.2, 0.25) is 5.02 Å². The number of alkyl halides is 3. The van der Waals surface area contributed by atoms with E-state index in [0.29, 0.717) is 5.69 Å². The first-order chi connectivity index (χ1) is 5.41. The van der Waals surface area contributed by atoms with Crippen LogP contribution in [-0.4, -0.2) is 4.98 Å². The molecule has 1 aromatic rings. The van der Waals surface area contributed by atoms with E-state index in [1.807, 2.05) is 0 Å². The Bertz CT molecular complexity index is 296. The average molecular weight is 212 g/mol. The molecule has 0 saturated carbocycles. The number of pyridine rings is 1. The number of nitrogens with zero attached hydrogens (tertiary/aromatic N) is 1. The summed E-state index contributed by atoms with van der Waals surface area (Å²) in [4.78, 5) is 3.73. The Hall–Kier alpha value is -0.410. The van der Waals surface area contributed by atoms with E-state index in [1.54, 1.807) is 6.92 Å². The van der Waals surface area contributed by atoms with E-state index in [2.05, 4.69) is 4.98 Å². The molecule has 66 valence electrons. The minimum Gasteiger partial charge on any atom is -0.260 e. The zero-order valence-corrected chi connectivity index (χ0v) is 7.63. The van der Waals surface area contributed by atoms with Crippen molar-refractivity contribution in [2.75, 3.05) is 0 Å². The van der Waals surface area contributed by atoms with Gasteiger partial charge in [-0.3, -0.25) is 4.98 Å². The first-order valence-electron chi connectivity index (χ1n) is 3.10. The molecular weight excluding hydrogens is 207 g/mol. The largest absolute Gasteiger partial charge is 0.349 e. The van der Waals surface area contributed by atoms with Gasteiger partial charge in [-0.05, 0) is 24.6 Å². The Morgan fingerprint density at radius 1 is 1.50 bits per heavy atom. The smallest absolute Gasteiger partial charge is 0.260 e. The molecule has 12 heavy (non-hydrogen) atoms. The summed E-state index contributed by atoms with van der Waals surface area (Å²) in [6.07, 6.45) is 1.16. The molecule has 1 nitrogen and oxygen atoms in total. The third-order valence-electron chi connectivity index (χ3n) is 1.30. The predicted octanol–water partition coefficient (Wildman–Crippen LogP) is 3.33. The van der Waals surface area contributed by atoms with Crippen LogP contribution >= 0.6 is 23.2 Å². The maximum absolute atomic E-state index is 12.5. The van der Waals surface area contributed by atoms with Crippen LogP contribution in [0.4, 0.5) is 8.78 Å². The maximum atomic E-state index is 12.5. The van der Waals surface area contributed by atoms with Gasteiger partial charge in [-0.25, -0.2) is 0 Å². The first-order valence-corrected chi connectivity index (χ1v) is 3.86. The van der Waals surface area contributed by atoms with Crippen LogP contribution in [0.15, 0.2) is 12.3 Å². The van der Waals surface area contributed by atoms with E-state index in [4.69, 9.17) is 23.2 Å². The molecule has 5 heteroatoms. The fourth-order valence-electron chi connectivity index (χ4n) is 0.760. The van der Waals surface area contributed by atoms with Crippen LogP contribution in [0.25, 0.3) is 0 Å². The molecule has 0 aliphatic carbocycles. The van der Waals surface area contributed by atoms with E-state index >= 15 is 0 Å². The average Bonchev–Trinajstić information content (AvgIpc) is 1.92. The van der Waals surface area contributed by atoms with E-state index in [-0.39, 0.29) is 5.02 Å². The van der Waals surface area contributed by atoms with Crippen LogP contribution in [0.5, 0.6) is 0 Å².